The number of carbonyl (C=O) groups is 1. The predicted octanol–water partition coefficient (Wildman–Crippen LogP) is 3.01. The van der Waals surface area contributed by atoms with Crippen molar-refractivity contribution in [2.75, 3.05) is 6.16 Å². The molecule has 0 aliphatic carbocycles. The molecule has 1 aliphatic heterocycles. The molecule has 1 unspecified atom stereocenters. The van der Waals surface area contributed by atoms with E-state index in [0.717, 1.165) is 34.2 Å². The third-order valence-electron chi connectivity index (χ3n) is 4.01. The van der Waals surface area contributed by atoms with Gasteiger partial charge in [-0.2, -0.15) is 0 Å². The van der Waals surface area contributed by atoms with Crippen LogP contribution in [-0.4, -0.2) is 22.1 Å². The molecule has 1 aromatic rings. The highest BCUT2D eigenvalue weighted by Crippen LogP contribution is 2.38. The molecule has 0 saturated carbocycles. The number of aromatic hydroxyl groups is 1. The molecule has 1 aliphatic rings. The molecule has 114 valence electrons. The van der Waals surface area contributed by atoms with Crippen LogP contribution < -0.4 is 0 Å². The van der Waals surface area contributed by atoms with Crippen molar-refractivity contribution in [1.82, 2.24) is 0 Å². The lowest BCUT2D eigenvalue weighted by molar-refractivity contribution is 0.0533. The molecule has 2 N–H and O–H groups in total. The third-order valence-corrected chi connectivity index (χ3v) is 4.73. The Hall–Kier alpha value is -1.38. The molecule has 0 fully saturated rings. The lowest BCUT2D eigenvalue weighted by Crippen LogP contribution is -2.04. The molecule has 0 amide bonds. The minimum Gasteiger partial charge on any atom is -0.507 e. The van der Waals surface area contributed by atoms with Crippen molar-refractivity contribution < 1.29 is 19.5 Å². The minimum absolute atomic E-state index is 0.0606. The van der Waals surface area contributed by atoms with Crippen molar-refractivity contribution in [2.24, 2.45) is 0 Å². The first-order valence-electron chi connectivity index (χ1n) is 7.07. The first-order valence-corrected chi connectivity index (χ1v) is 8.22. The van der Waals surface area contributed by atoms with E-state index in [2.05, 4.69) is 0 Å². The summed E-state index contributed by atoms with van der Waals surface area (Å²) in [4.78, 5) is 20.8. The molecule has 0 radical (unpaired) electrons. The highest BCUT2D eigenvalue weighted by atomic mass is 31.1. The summed E-state index contributed by atoms with van der Waals surface area (Å²) >= 11 is 0. The zero-order valence-electron chi connectivity index (χ0n) is 12.6. The quantitative estimate of drug-likeness (QED) is 0.498. The number of cyclic esters (lactones) is 1. The van der Waals surface area contributed by atoms with Crippen LogP contribution in [0.25, 0.3) is 0 Å². The molecule has 4 nitrogen and oxygen atoms in total. The standard InChI is InChI=1S/C16H21O4P/c1-4-11-10(3)13-7-20-16(18)14(13)15(17)12(11)6-5-9(2)8-21-19/h5,17,19,21H,4,6-8H2,1-3H3/b9-5+. The fraction of sp³-hybridized carbons (Fsp3) is 0.438. The Morgan fingerprint density at radius 2 is 2.14 bits per heavy atom. The Balaban J connectivity index is 2.50. The molecular formula is C16H21O4P. The van der Waals surface area contributed by atoms with Crippen molar-refractivity contribution in [3.05, 3.63) is 39.5 Å². The molecule has 0 spiro atoms. The number of fused-ring (bicyclic) bond motifs is 1. The SMILES string of the molecule is CCc1c(C)c2c(c(O)c1C/C=C(\C)CPO)C(=O)OC2. The monoisotopic (exact) mass is 308 g/mol. The maximum atomic E-state index is 11.8. The van der Waals surface area contributed by atoms with Crippen molar-refractivity contribution in [1.29, 1.82) is 0 Å². The van der Waals surface area contributed by atoms with Gasteiger partial charge in [0.25, 0.3) is 0 Å². The molecule has 21 heavy (non-hydrogen) atoms. The summed E-state index contributed by atoms with van der Waals surface area (Å²) in [6, 6.07) is 0. The summed E-state index contributed by atoms with van der Waals surface area (Å²) in [6.45, 7) is 6.23. The normalized spacial score (nSPS) is 14.9. The first kappa shape index (κ1) is 16.0. The van der Waals surface area contributed by atoms with Crippen LogP contribution in [0.3, 0.4) is 0 Å². The Kier molecular flexibility index (Phi) is 5.02. The lowest BCUT2D eigenvalue weighted by Gasteiger charge is -2.16. The second-order valence-electron chi connectivity index (χ2n) is 5.30. The number of phenols is 1. The maximum Gasteiger partial charge on any atom is 0.342 e. The topological polar surface area (TPSA) is 66.8 Å². The summed E-state index contributed by atoms with van der Waals surface area (Å²) < 4.78 is 5.06. The fourth-order valence-electron chi connectivity index (χ4n) is 2.81. The van der Waals surface area contributed by atoms with Gasteiger partial charge in [0.15, 0.2) is 0 Å². The fourth-order valence-corrected chi connectivity index (χ4v) is 3.21. The van der Waals surface area contributed by atoms with Gasteiger partial charge in [0.2, 0.25) is 0 Å². The van der Waals surface area contributed by atoms with E-state index in [4.69, 9.17) is 9.63 Å². The van der Waals surface area contributed by atoms with Gasteiger partial charge in [-0.3, -0.25) is 0 Å². The average molecular weight is 308 g/mol. The van der Waals surface area contributed by atoms with Gasteiger partial charge in [0, 0.05) is 26.1 Å². The van der Waals surface area contributed by atoms with Crippen molar-refractivity contribution >= 4 is 14.8 Å². The summed E-state index contributed by atoms with van der Waals surface area (Å²) in [5.41, 5.74) is 5.15. The molecule has 0 aromatic heterocycles. The average Bonchev–Trinajstić information content (AvgIpc) is 2.84. The summed E-state index contributed by atoms with van der Waals surface area (Å²) in [5, 5.41) is 10.5. The number of hydrogen-bond donors (Lipinski definition) is 2. The van der Waals surface area contributed by atoms with E-state index in [9.17, 15) is 9.90 Å². The predicted molar refractivity (Wildman–Crippen MR) is 84.2 cm³/mol. The number of benzene rings is 1. The number of ether oxygens (including phenoxy) is 1. The molecular weight excluding hydrogens is 287 g/mol. The molecule has 0 bridgehead atoms. The summed E-state index contributed by atoms with van der Waals surface area (Å²) in [5.74, 6) is -0.377. The van der Waals surface area contributed by atoms with Gasteiger partial charge in [-0.25, -0.2) is 4.79 Å². The summed E-state index contributed by atoms with van der Waals surface area (Å²) in [6.07, 6.45) is 4.01. The lowest BCUT2D eigenvalue weighted by atomic mass is 9.89. The van der Waals surface area contributed by atoms with Crippen LogP contribution in [0.1, 0.15) is 46.5 Å². The largest absolute Gasteiger partial charge is 0.507 e. The molecule has 1 aromatic carbocycles. The number of hydrogen-bond acceptors (Lipinski definition) is 4. The number of esters is 1. The molecule has 5 heteroatoms. The Morgan fingerprint density at radius 1 is 1.43 bits per heavy atom. The van der Waals surface area contributed by atoms with E-state index in [0.29, 0.717) is 18.1 Å². The van der Waals surface area contributed by atoms with Crippen molar-refractivity contribution in [3.63, 3.8) is 0 Å². The molecule has 1 atom stereocenters. The van der Waals surface area contributed by atoms with Gasteiger partial charge in [-0.05, 0) is 37.8 Å². The van der Waals surface area contributed by atoms with E-state index in [1.54, 1.807) is 0 Å². The van der Waals surface area contributed by atoms with E-state index < -0.39 is 5.97 Å². The number of phenolic OH excluding ortho intramolecular Hbond substituents is 1. The van der Waals surface area contributed by atoms with Crippen LogP contribution in [0.5, 0.6) is 5.75 Å². The summed E-state index contributed by atoms with van der Waals surface area (Å²) in [7, 11) is -0.105. The third kappa shape index (κ3) is 2.97. The van der Waals surface area contributed by atoms with Gasteiger partial charge in [0.1, 0.15) is 17.9 Å². The van der Waals surface area contributed by atoms with Gasteiger partial charge in [-0.15, -0.1) is 0 Å². The zero-order chi connectivity index (χ0) is 15.6. The Morgan fingerprint density at radius 3 is 2.76 bits per heavy atom. The van der Waals surface area contributed by atoms with Gasteiger partial charge < -0.3 is 14.7 Å². The molecule has 2 rings (SSSR count). The Labute approximate surface area is 126 Å². The minimum atomic E-state index is -0.438. The van der Waals surface area contributed by atoms with Crippen LogP contribution in [0.15, 0.2) is 11.6 Å². The highest BCUT2D eigenvalue weighted by molar-refractivity contribution is 7.31. The first-order chi connectivity index (χ1) is 10.0. The van der Waals surface area contributed by atoms with Gasteiger partial charge in [-0.1, -0.05) is 18.6 Å². The number of allylic oxidation sites excluding steroid dienone is 2. The van der Waals surface area contributed by atoms with Crippen molar-refractivity contribution in [2.45, 2.75) is 40.2 Å². The van der Waals surface area contributed by atoms with Crippen LogP contribution >= 0.6 is 8.81 Å². The van der Waals surface area contributed by atoms with E-state index >= 15 is 0 Å². The van der Waals surface area contributed by atoms with Gasteiger partial charge in [0.05, 0.1) is 0 Å². The second kappa shape index (κ2) is 6.59. The van der Waals surface area contributed by atoms with Crippen LogP contribution in [0, 0.1) is 6.92 Å². The molecule has 0 saturated heterocycles. The smallest absolute Gasteiger partial charge is 0.342 e. The van der Waals surface area contributed by atoms with Crippen LogP contribution in [0.2, 0.25) is 0 Å². The van der Waals surface area contributed by atoms with Gasteiger partial charge >= 0.3 is 5.97 Å². The van der Waals surface area contributed by atoms with E-state index in [1.165, 1.54) is 0 Å². The highest BCUT2D eigenvalue weighted by Gasteiger charge is 2.30. The number of carbonyl (C=O) groups excluding carboxylic acids is 1. The van der Waals surface area contributed by atoms with Crippen LogP contribution in [0.4, 0.5) is 0 Å². The van der Waals surface area contributed by atoms with E-state index in [-0.39, 0.29) is 21.2 Å². The zero-order valence-corrected chi connectivity index (χ0v) is 13.6. The van der Waals surface area contributed by atoms with Crippen LogP contribution in [-0.2, 0) is 24.2 Å². The van der Waals surface area contributed by atoms with Crippen molar-refractivity contribution in [3.8, 4) is 5.75 Å². The molecule has 1 heterocycles. The maximum absolute atomic E-state index is 11.8. The second-order valence-corrected chi connectivity index (χ2v) is 5.97. The number of rotatable bonds is 5. The Bertz CT molecular complexity index is 605. The van der Waals surface area contributed by atoms with E-state index in [1.807, 2.05) is 26.8 Å².